The molecule has 0 aliphatic carbocycles. The first-order valence-electron chi connectivity index (χ1n) is 9.63. The number of allylic oxidation sites excluding steroid dienone is 1. The van der Waals surface area contributed by atoms with Crippen LogP contribution in [0.15, 0.2) is 79.1 Å². The number of nitrogens with one attached hydrogen (secondary N) is 2. The van der Waals surface area contributed by atoms with Gasteiger partial charge in [0.25, 0.3) is 0 Å². The second-order valence-electron chi connectivity index (χ2n) is 7.06. The van der Waals surface area contributed by atoms with Crippen LogP contribution in [-0.2, 0) is 4.79 Å². The molecule has 0 bridgehead atoms. The minimum absolute atomic E-state index is 0.0270. The van der Waals surface area contributed by atoms with Gasteiger partial charge in [0.2, 0.25) is 11.7 Å². The van der Waals surface area contributed by atoms with Gasteiger partial charge in [0.1, 0.15) is 0 Å². The number of nitrogens with zero attached hydrogens (tertiary/aromatic N) is 4. The highest BCUT2D eigenvalue weighted by atomic mass is 16.2. The Morgan fingerprint density at radius 2 is 1.67 bits per heavy atom. The molecular weight excluding hydrogens is 376 g/mol. The van der Waals surface area contributed by atoms with Crippen LogP contribution in [0, 0.1) is 0 Å². The Bertz CT molecular complexity index is 1190. The molecule has 2 aromatic carbocycles. The summed E-state index contributed by atoms with van der Waals surface area (Å²) in [6, 6.07) is 21.7. The second kappa shape index (κ2) is 7.71. The molecule has 2 N–H and O–H groups in total. The molecule has 0 saturated heterocycles. The Balaban J connectivity index is 1.53. The van der Waals surface area contributed by atoms with E-state index >= 15 is 0 Å². The smallest absolute Gasteiger partial charge is 0.232 e. The van der Waals surface area contributed by atoms with Gasteiger partial charge in [0.05, 0.1) is 11.6 Å². The van der Waals surface area contributed by atoms with Gasteiger partial charge in [0.15, 0.2) is 0 Å². The van der Waals surface area contributed by atoms with Crippen molar-refractivity contribution in [3.63, 3.8) is 0 Å². The average Bonchev–Trinajstić information content (AvgIpc) is 3.35. The SMILES string of the molecule is O=C1NC(c2cccnc2)=C(c2ccccc2)CC1c1ccc(-c2nn[nH]n2)cc1. The molecule has 1 aliphatic rings. The van der Waals surface area contributed by atoms with Crippen molar-refractivity contribution in [2.45, 2.75) is 12.3 Å². The lowest BCUT2D eigenvalue weighted by atomic mass is 9.83. The molecule has 3 heterocycles. The van der Waals surface area contributed by atoms with Crippen LogP contribution in [0.2, 0.25) is 0 Å². The van der Waals surface area contributed by atoms with Crippen molar-refractivity contribution in [3.05, 3.63) is 95.8 Å². The number of aromatic amines is 1. The highest BCUT2D eigenvalue weighted by Gasteiger charge is 2.30. The lowest BCUT2D eigenvalue weighted by molar-refractivity contribution is -0.121. The zero-order valence-electron chi connectivity index (χ0n) is 16.0. The van der Waals surface area contributed by atoms with Gasteiger partial charge in [-0.05, 0) is 40.5 Å². The number of benzene rings is 2. The Kier molecular flexibility index (Phi) is 4.61. The van der Waals surface area contributed by atoms with Crippen LogP contribution in [0.25, 0.3) is 22.7 Å². The van der Waals surface area contributed by atoms with Gasteiger partial charge < -0.3 is 5.32 Å². The van der Waals surface area contributed by atoms with Crippen molar-refractivity contribution in [3.8, 4) is 11.4 Å². The average molecular weight is 394 g/mol. The highest BCUT2D eigenvalue weighted by Crippen LogP contribution is 2.38. The fraction of sp³-hybridized carbons (Fsp3) is 0.0870. The van der Waals surface area contributed by atoms with Crippen LogP contribution in [-0.4, -0.2) is 31.5 Å². The number of hydrogen-bond acceptors (Lipinski definition) is 5. The van der Waals surface area contributed by atoms with Gasteiger partial charge in [-0.3, -0.25) is 9.78 Å². The quantitative estimate of drug-likeness (QED) is 0.553. The maximum atomic E-state index is 13.1. The monoisotopic (exact) mass is 394 g/mol. The van der Waals surface area contributed by atoms with Crippen molar-refractivity contribution in [2.24, 2.45) is 0 Å². The van der Waals surface area contributed by atoms with Crippen LogP contribution >= 0.6 is 0 Å². The number of H-pyrrole nitrogens is 1. The number of rotatable bonds is 4. The van der Waals surface area contributed by atoms with E-state index in [1.165, 1.54) is 0 Å². The summed E-state index contributed by atoms with van der Waals surface area (Å²) < 4.78 is 0. The normalized spacial score (nSPS) is 16.4. The van der Waals surface area contributed by atoms with E-state index < -0.39 is 0 Å². The Morgan fingerprint density at radius 3 is 2.37 bits per heavy atom. The van der Waals surface area contributed by atoms with Crippen LogP contribution in [0.1, 0.15) is 29.0 Å². The molecule has 2 aromatic heterocycles. The number of carbonyl (C=O) groups is 1. The van der Waals surface area contributed by atoms with E-state index in [1.807, 2.05) is 54.6 Å². The number of hydrogen-bond donors (Lipinski definition) is 2. The first kappa shape index (κ1) is 17.9. The van der Waals surface area contributed by atoms with Crippen LogP contribution < -0.4 is 5.32 Å². The standard InChI is InChI=1S/C23H18N6O/c30-23-20(16-8-10-17(11-9-16)22-26-28-29-27-22)13-19(15-5-2-1-3-6-15)21(25-23)18-7-4-12-24-14-18/h1-12,14,20H,13H2,(H,25,30)(H,26,27,28,29). The Hall–Kier alpha value is -4.13. The summed E-state index contributed by atoms with van der Waals surface area (Å²) >= 11 is 0. The molecule has 1 atom stereocenters. The van der Waals surface area contributed by atoms with Gasteiger partial charge in [-0.25, -0.2) is 0 Å². The van der Waals surface area contributed by atoms with Gasteiger partial charge in [-0.1, -0.05) is 54.6 Å². The van der Waals surface area contributed by atoms with Crippen LogP contribution in [0.3, 0.4) is 0 Å². The molecule has 0 fully saturated rings. The van der Waals surface area contributed by atoms with Crippen molar-refractivity contribution >= 4 is 17.2 Å². The van der Waals surface area contributed by atoms with Crippen molar-refractivity contribution < 1.29 is 4.79 Å². The molecule has 5 rings (SSSR count). The summed E-state index contributed by atoms with van der Waals surface area (Å²) in [5, 5.41) is 17.2. The minimum atomic E-state index is -0.292. The predicted molar refractivity (Wildman–Crippen MR) is 113 cm³/mol. The fourth-order valence-electron chi connectivity index (χ4n) is 3.76. The van der Waals surface area contributed by atoms with E-state index in [4.69, 9.17) is 0 Å². The summed E-state index contributed by atoms with van der Waals surface area (Å²) in [7, 11) is 0. The van der Waals surface area contributed by atoms with E-state index in [0.29, 0.717) is 12.2 Å². The molecule has 1 aliphatic heterocycles. The molecule has 1 amide bonds. The zero-order chi connectivity index (χ0) is 20.3. The second-order valence-corrected chi connectivity index (χ2v) is 7.06. The number of carbonyl (C=O) groups excluding carboxylic acids is 1. The molecule has 146 valence electrons. The summed E-state index contributed by atoms with van der Waals surface area (Å²) in [6.07, 6.45) is 4.10. The van der Waals surface area contributed by atoms with Gasteiger partial charge >= 0.3 is 0 Å². The third kappa shape index (κ3) is 3.37. The number of amides is 1. The molecule has 7 heteroatoms. The Labute approximate surface area is 172 Å². The van der Waals surface area contributed by atoms with Crippen molar-refractivity contribution in [1.29, 1.82) is 0 Å². The van der Waals surface area contributed by atoms with Gasteiger partial charge in [0, 0.05) is 23.5 Å². The predicted octanol–water partition coefficient (Wildman–Crippen LogP) is 3.43. The van der Waals surface area contributed by atoms with Gasteiger partial charge in [-0.2, -0.15) is 5.21 Å². The summed E-state index contributed by atoms with van der Waals surface area (Å²) in [6.45, 7) is 0. The van der Waals surface area contributed by atoms with Crippen molar-refractivity contribution in [1.82, 2.24) is 30.9 Å². The molecule has 4 aromatic rings. The largest absolute Gasteiger partial charge is 0.325 e. The molecule has 1 unspecified atom stereocenters. The maximum absolute atomic E-state index is 13.1. The molecule has 30 heavy (non-hydrogen) atoms. The van der Waals surface area contributed by atoms with E-state index in [9.17, 15) is 4.79 Å². The summed E-state index contributed by atoms with van der Waals surface area (Å²) in [5.74, 6) is 0.208. The molecule has 0 spiro atoms. The summed E-state index contributed by atoms with van der Waals surface area (Å²) in [4.78, 5) is 17.3. The number of pyridine rings is 1. The molecule has 0 radical (unpaired) electrons. The molecule has 0 saturated carbocycles. The van der Waals surface area contributed by atoms with E-state index in [-0.39, 0.29) is 11.8 Å². The van der Waals surface area contributed by atoms with Crippen LogP contribution in [0.5, 0.6) is 0 Å². The molecular formula is C23H18N6O. The lowest BCUT2D eigenvalue weighted by Crippen LogP contribution is -2.33. The topological polar surface area (TPSA) is 96.5 Å². The zero-order valence-corrected chi connectivity index (χ0v) is 16.0. The fourth-order valence-corrected chi connectivity index (χ4v) is 3.76. The third-order valence-corrected chi connectivity index (χ3v) is 5.26. The summed E-state index contributed by atoms with van der Waals surface area (Å²) in [5.41, 5.74) is 5.69. The Morgan fingerprint density at radius 1 is 0.867 bits per heavy atom. The maximum Gasteiger partial charge on any atom is 0.232 e. The van der Waals surface area contributed by atoms with E-state index in [2.05, 4.69) is 43.1 Å². The first-order valence-corrected chi connectivity index (χ1v) is 9.63. The van der Waals surface area contributed by atoms with E-state index in [0.717, 1.165) is 33.5 Å². The van der Waals surface area contributed by atoms with E-state index in [1.54, 1.807) is 12.4 Å². The lowest BCUT2D eigenvalue weighted by Gasteiger charge is -2.28. The molecule has 7 nitrogen and oxygen atoms in total. The highest BCUT2D eigenvalue weighted by molar-refractivity contribution is 6.04. The number of aromatic nitrogens is 5. The van der Waals surface area contributed by atoms with Crippen molar-refractivity contribution in [2.75, 3.05) is 0 Å². The first-order chi connectivity index (χ1) is 14.8. The third-order valence-electron chi connectivity index (χ3n) is 5.26. The number of tetrazole rings is 1. The minimum Gasteiger partial charge on any atom is -0.325 e. The van der Waals surface area contributed by atoms with Gasteiger partial charge in [-0.15, -0.1) is 10.2 Å². The van der Waals surface area contributed by atoms with Crippen LogP contribution in [0.4, 0.5) is 0 Å².